The number of hydrogen-bond donors (Lipinski definition) is 0. The van der Waals surface area contributed by atoms with Crippen molar-refractivity contribution in [2.45, 2.75) is 13.8 Å². The lowest BCUT2D eigenvalue weighted by atomic mass is 9.83. The Morgan fingerprint density at radius 1 is 0.625 bits per heavy atom. The fourth-order valence-corrected chi connectivity index (χ4v) is 3.30. The zero-order valence-corrected chi connectivity index (χ0v) is 13.7. The first-order valence-electron chi connectivity index (χ1n) is 8.05. The zero-order chi connectivity index (χ0) is 16.7. The number of ketones is 1. The SMILES string of the molecule is Cc1cccc(C)c1N=C1C(=O)c2ccccc2-c2ccccc21. The predicted molar refractivity (Wildman–Crippen MR) is 98.3 cm³/mol. The van der Waals surface area contributed by atoms with Gasteiger partial charge in [0, 0.05) is 11.1 Å². The Bertz CT molecular complexity index is 978. The summed E-state index contributed by atoms with van der Waals surface area (Å²) in [5, 5.41) is 0. The van der Waals surface area contributed by atoms with Crippen molar-refractivity contribution >= 4 is 17.2 Å². The average molecular weight is 311 g/mol. The lowest BCUT2D eigenvalue weighted by Crippen LogP contribution is -2.22. The highest BCUT2D eigenvalue weighted by Gasteiger charge is 2.28. The van der Waals surface area contributed by atoms with Crippen LogP contribution in [-0.4, -0.2) is 11.5 Å². The number of aliphatic imine (C=N–C) groups is 1. The zero-order valence-electron chi connectivity index (χ0n) is 13.7. The molecule has 0 unspecified atom stereocenters. The molecule has 116 valence electrons. The molecule has 24 heavy (non-hydrogen) atoms. The molecule has 0 aromatic heterocycles. The molecule has 0 saturated heterocycles. The molecule has 1 aliphatic carbocycles. The van der Waals surface area contributed by atoms with E-state index in [-0.39, 0.29) is 5.78 Å². The number of hydrogen-bond acceptors (Lipinski definition) is 2. The summed E-state index contributed by atoms with van der Waals surface area (Å²) in [6, 6.07) is 21.8. The van der Waals surface area contributed by atoms with Crippen molar-refractivity contribution in [3.63, 3.8) is 0 Å². The van der Waals surface area contributed by atoms with Gasteiger partial charge in [-0.3, -0.25) is 4.79 Å². The molecule has 0 heterocycles. The van der Waals surface area contributed by atoms with E-state index in [9.17, 15) is 4.79 Å². The molecular formula is C22H17NO. The molecule has 0 aliphatic heterocycles. The van der Waals surface area contributed by atoms with Crippen molar-refractivity contribution in [2.75, 3.05) is 0 Å². The van der Waals surface area contributed by atoms with Crippen molar-refractivity contribution in [2.24, 2.45) is 4.99 Å². The topological polar surface area (TPSA) is 29.4 Å². The number of rotatable bonds is 1. The molecular weight excluding hydrogens is 294 g/mol. The Hall–Kier alpha value is -3.00. The van der Waals surface area contributed by atoms with Crippen LogP contribution in [0.25, 0.3) is 11.1 Å². The lowest BCUT2D eigenvalue weighted by Gasteiger charge is -2.20. The number of para-hydroxylation sites is 1. The highest BCUT2D eigenvalue weighted by molar-refractivity contribution is 6.55. The van der Waals surface area contributed by atoms with E-state index in [1.807, 2.05) is 74.5 Å². The standard InChI is InChI=1S/C22H17NO/c1-14-8-7-9-15(2)20(14)23-21-18-12-5-3-10-16(18)17-11-4-6-13-19(17)22(21)24/h3-13H,1-2H3. The highest BCUT2D eigenvalue weighted by Crippen LogP contribution is 2.35. The predicted octanol–water partition coefficient (Wildman–Crippen LogP) is 5.29. The van der Waals surface area contributed by atoms with E-state index in [1.54, 1.807) is 0 Å². The van der Waals surface area contributed by atoms with Gasteiger partial charge in [0.15, 0.2) is 0 Å². The first-order chi connectivity index (χ1) is 11.7. The first-order valence-corrected chi connectivity index (χ1v) is 8.05. The second-order valence-corrected chi connectivity index (χ2v) is 6.12. The van der Waals surface area contributed by atoms with Gasteiger partial charge in [-0.1, -0.05) is 66.7 Å². The van der Waals surface area contributed by atoms with Gasteiger partial charge in [0.2, 0.25) is 5.78 Å². The van der Waals surface area contributed by atoms with Crippen LogP contribution in [0.4, 0.5) is 5.69 Å². The maximum Gasteiger partial charge on any atom is 0.212 e. The van der Waals surface area contributed by atoms with Crippen LogP contribution in [0.2, 0.25) is 0 Å². The van der Waals surface area contributed by atoms with Gasteiger partial charge in [0.05, 0.1) is 5.69 Å². The quantitative estimate of drug-likeness (QED) is 0.600. The van der Waals surface area contributed by atoms with Crippen LogP contribution in [0.5, 0.6) is 0 Å². The number of aryl methyl sites for hydroxylation is 2. The molecule has 3 aromatic carbocycles. The monoisotopic (exact) mass is 311 g/mol. The van der Waals surface area contributed by atoms with Crippen molar-refractivity contribution in [3.05, 3.63) is 89.0 Å². The third-order valence-electron chi connectivity index (χ3n) is 4.52. The molecule has 3 aromatic rings. The Morgan fingerprint density at radius 3 is 1.75 bits per heavy atom. The van der Waals surface area contributed by atoms with E-state index >= 15 is 0 Å². The molecule has 4 rings (SSSR count). The molecule has 1 aliphatic rings. The Kier molecular flexibility index (Phi) is 3.39. The van der Waals surface area contributed by atoms with E-state index in [2.05, 4.69) is 6.07 Å². The minimum atomic E-state index is -0.00745. The fourth-order valence-electron chi connectivity index (χ4n) is 3.30. The van der Waals surface area contributed by atoms with Gasteiger partial charge in [0.25, 0.3) is 0 Å². The van der Waals surface area contributed by atoms with Crippen molar-refractivity contribution in [1.82, 2.24) is 0 Å². The average Bonchev–Trinajstić information content (AvgIpc) is 2.61. The number of carbonyl (C=O) groups excluding carboxylic acids is 1. The third-order valence-corrected chi connectivity index (χ3v) is 4.52. The minimum absolute atomic E-state index is 0.00745. The van der Waals surface area contributed by atoms with Crippen LogP contribution in [0.15, 0.2) is 71.7 Å². The fraction of sp³-hybridized carbons (Fsp3) is 0.0909. The second kappa shape index (κ2) is 5.57. The van der Waals surface area contributed by atoms with Gasteiger partial charge < -0.3 is 0 Å². The van der Waals surface area contributed by atoms with Crippen LogP contribution in [0.1, 0.15) is 27.0 Å². The summed E-state index contributed by atoms with van der Waals surface area (Å²) >= 11 is 0. The molecule has 0 atom stereocenters. The molecule has 0 N–H and O–H groups in total. The molecule has 2 heteroatoms. The van der Waals surface area contributed by atoms with Gasteiger partial charge in [0.1, 0.15) is 5.71 Å². The smallest absolute Gasteiger partial charge is 0.212 e. The van der Waals surface area contributed by atoms with E-state index in [0.29, 0.717) is 5.71 Å². The summed E-state index contributed by atoms with van der Waals surface area (Å²) in [4.78, 5) is 17.9. The van der Waals surface area contributed by atoms with Gasteiger partial charge >= 0.3 is 0 Å². The number of Topliss-reactive ketones (excluding diaryl/α,β-unsaturated/α-hetero) is 1. The molecule has 0 spiro atoms. The third kappa shape index (κ3) is 2.19. The summed E-state index contributed by atoms with van der Waals surface area (Å²) in [6.07, 6.45) is 0. The first kappa shape index (κ1) is 14.6. The van der Waals surface area contributed by atoms with E-state index < -0.39 is 0 Å². The van der Waals surface area contributed by atoms with Gasteiger partial charge in [-0.2, -0.15) is 0 Å². The summed E-state index contributed by atoms with van der Waals surface area (Å²) in [5.41, 5.74) is 7.25. The highest BCUT2D eigenvalue weighted by atomic mass is 16.1. The maximum atomic E-state index is 13.1. The van der Waals surface area contributed by atoms with Crippen molar-refractivity contribution in [3.8, 4) is 11.1 Å². The summed E-state index contributed by atoms with van der Waals surface area (Å²) in [5.74, 6) is -0.00745. The number of fused-ring (bicyclic) bond motifs is 3. The Balaban J connectivity index is 2.01. The van der Waals surface area contributed by atoms with E-state index in [0.717, 1.165) is 39.1 Å². The van der Waals surface area contributed by atoms with Crippen LogP contribution in [0.3, 0.4) is 0 Å². The van der Waals surface area contributed by atoms with Crippen LogP contribution in [0, 0.1) is 13.8 Å². The van der Waals surface area contributed by atoms with Crippen molar-refractivity contribution < 1.29 is 4.79 Å². The summed E-state index contributed by atoms with van der Waals surface area (Å²) in [7, 11) is 0. The molecule has 0 amide bonds. The van der Waals surface area contributed by atoms with Crippen LogP contribution in [-0.2, 0) is 0 Å². The minimum Gasteiger partial charge on any atom is -0.287 e. The molecule has 0 fully saturated rings. The van der Waals surface area contributed by atoms with Gasteiger partial charge in [-0.25, -0.2) is 4.99 Å². The molecule has 0 radical (unpaired) electrons. The number of carbonyl (C=O) groups is 1. The Labute approximate surface area is 141 Å². The second-order valence-electron chi connectivity index (χ2n) is 6.12. The maximum absolute atomic E-state index is 13.1. The summed E-state index contributed by atoms with van der Waals surface area (Å²) < 4.78 is 0. The Morgan fingerprint density at radius 2 is 1.12 bits per heavy atom. The van der Waals surface area contributed by atoms with E-state index in [4.69, 9.17) is 4.99 Å². The summed E-state index contributed by atoms with van der Waals surface area (Å²) in [6.45, 7) is 4.05. The normalized spacial score (nSPS) is 14.4. The largest absolute Gasteiger partial charge is 0.287 e. The van der Waals surface area contributed by atoms with Crippen LogP contribution >= 0.6 is 0 Å². The number of nitrogens with zero attached hydrogens (tertiary/aromatic N) is 1. The molecule has 2 nitrogen and oxygen atoms in total. The number of benzene rings is 3. The van der Waals surface area contributed by atoms with Crippen LogP contribution < -0.4 is 0 Å². The van der Waals surface area contributed by atoms with Crippen molar-refractivity contribution in [1.29, 1.82) is 0 Å². The lowest BCUT2D eigenvalue weighted by molar-refractivity contribution is 0.106. The molecule has 0 bridgehead atoms. The van der Waals surface area contributed by atoms with Gasteiger partial charge in [-0.05, 0) is 36.1 Å². The molecule has 0 saturated carbocycles. The van der Waals surface area contributed by atoms with Gasteiger partial charge in [-0.15, -0.1) is 0 Å². The van der Waals surface area contributed by atoms with E-state index in [1.165, 1.54) is 0 Å².